The molecule has 6 heteroatoms. The van der Waals surface area contributed by atoms with Gasteiger partial charge in [-0.05, 0) is 29.7 Å². The van der Waals surface area contributed by atoms with Gasteiger partial charge in [-0.15, -0.1) is 0 Å². The quantitative estimate of drug-likeness (QED) is 0.597. The SMILES string of the molecule is O=C(O)C1CC(N2CCN(c3ccccc3)CC2)CN1C(=O)C(c1ccccc1)c1ccccc1. The Morgan fingerprint density at radius 1 is 0.743 bits per heavy atom. The summed E-state index contributed by atoms with van der Waals surface area (Å²) in [6, 6.07) is 28.9. The molecule has 0 aromatic heterocycles. The van der Waals surface area contributed by atoms with Crippen molar-refractivity contribution in [2.75, 3.05) is 37.6 Å². The second-order valence-electron chi connectivity index (χ2n) is 9.35. The van der Waals surface area contributed by atoms with Crippen molar-refractivity contribution in [3.05, 3.63) is 102 Å². The van der Waals surface area contributed by atoms with Crippen molar-refractivity contribution in [1.82, 2.24) is 9.80 Å². The zero-order valence-corrected chi connectivity index (χ0v) is 19.7. The van der Waals surface area contributed by atoms with Crippen molar-refractivity contribution >= 4 is 17.6 Å². The second kappa shape index (κ2) is 10.3. The number of carbonyl (C=O) groups is 2. The van der Waals surface area contributed by atoms with Crippen LogP contribution in [-0.4, -0.2) is 71.6 Å². The molecule has 0 bridgehead atoms. The lowest BCUT2D eigenvalue weighted by Crippen LogP contribution is -2.51. The van der Waals surface area contributed by atoms with Crippen LogP contribution >= 0.6 is 0 Å². The lowest BCUT2D eigenvalue weighted by molar-refractivity contribution is -0.148. The summed E-state index contributed by atoms with van der Waals surface area (Å²) in [6.07, 6.45) is 0.461. The molecule has 35 heavy (non-hydrogen) atoms. The van der Waals surface area contributed by atoms with Gasteiger partial charge in [0.2, 0.25) is 5.91 Å². The van der Waals surface area contributed by atoms with Crippen LogP contribution in [0.25, 0.3) is 0 Å². The molecular weight excluding hydrogens is 438 g/mol. The van der Waals surface area contributed by atoms with Gasteiger partial charge in [-0.2, -0.15) is 0 Å². The molecule has 2 atom stereocenters. The number of carboxylic acids is 1. The molecule has 5 rings (SSSR count). The molecule has 1 amide bonds. The van der Waals surface area contributed by atoms with Gasteiger partial charge >= 0.3 is 5.97 Å². The van der Waals surface area contributed by atoms with Gasteiger partial charge in [0, 0.05) is 44.5 Å². The minimum Gasteiger partial charge on any atom is -0.480 e. The van der Waals surface area contributed by atoms with Crippen molar-refractivity contribution in [1.29, 1.82) is 0 Å². The van der Waals surface area contributed by atoms with Gasteiger partial charge in [-0.1, -0.05) is 78.9 Å². The summed E-state index contributed by atoms with van der Waals surface area (Å²) in [6.45, 7) is 3.94. The minimum absolute atomic E-state index is 0.0465. The standard InChI is InChI=1S/C29H31N3O3/c33-28(27(22-10-4-1-5-11-22)23-12-6-2-7-13-23)32-21-25(20-26(32)29(34)35)31-18-16-30(17-19-31)24-14-8-3-9-15-24/h1-15,25-27H,16-21H2,(H,34,35). The first-order chi connectivity index (χ1) is 17.1. The molecule has 0 aliphatic carbocycles. The monoisotopic (exact) mass is 469 g/mol. The third kappa shape index (κ3) is 4.93. The number of aliphatic carboxylic acids is 1. The first kappa shape index (κ1) is 23.1. The molecule has 2 fully saturated rings. The van der Waals surface area contributed by atoms with E-state index in [9.17, 15) is 14.7 Å². The number of hydrogen-bond donors (Lipinski definition) is 1. The molecule has 3 aromatic rings. The molecule has 2 aliphatic heterocycles. The number of hydrogen-bond acceptors (Lipinski definition) is 4. The third-order valence-corrected chi connectivity index (χ3v) is 7.31. The fourth-order valence-electron chi connectivity index (χ4n) is 5.47. The second-order valence-corrected chi connectivity index (χ2v) is 9.35. The number of rotatable bonds is 6. The van der Waals surface area contributed by atoms with Gasteiger partial charge in [-0.25, -0.2) is 4.79 Å². The summed E-state index contributed by atoms with van der Waals surface area (Å²) in [5.74, 6) is -1.59. The summed E-state index contributed by atoms with van der Waals surface area (Å²) in [5.41, 5.74) is 2.98. The fourth-order valence-corrected chi connectivity index (χ4v) is 5.47. The predicted molar refractivity (Wildman–Crippen MR) is 136 cm³/mol. The molecule has 180 valence electrons. The molecule has 2 aliphatic rings. The van der Waals surface area contributed by atoms with Crippen LogP contribution in [0.15, 0.2) is 91.0 Å². The highest BCUT2D eigenvalue weighted by Gasteiger charge is 2.44. The summed E-state index contributed by atoms with van der Waals surface area (Å²) < 4.78 is 0. The molecule has 0 saturated carbocycles. The fraction of sp³-hybridized carbons (Fsp3) is 0.310. The van der Waals surface area contributed by atoms with E-state index in [0.29, 0.717) is 13.0 Å². The maximum absolute atomic E-state index is 14.0. The Morgan fingerprint density at radius 2 is 1.26 bits per heavy atom. The molecule has 2 heterocycles. The Morgan fingerprint density at radius 3 is 1.77 bits per heavy atom. The van der Waals surface area contributed by atoms with E-state index in [1.54, 1.807) is 4.90 Å². The minimum atomic E-state index is -0.927. The highest BCUT2D eigenvalue weighted by atomic mass is 16.4. The van der Waals surface area contributed by atoms with Crippen LogP contribution in [0.2, 0.25) is 0 Å². The Balaban J connectivity index is 1.34. The Kier molecular flexibility index (Phi) is 6.82. The van der Waals surface area contributed by atoms with E-state index in [1.165, 1.54) is 5.69 Å². The number of carbonyl (C=O) groups excluding carboxylic acids is 1. The summed E-state index contributed by atoms with van der Waals surface area (Å²) in [5, 5.41) is 10.0. The number of para-hydroxylation sites is 1. The molecule has 2 unspecified atom stereocenters. The van der Waals surface area contributed by atoms with Crippen molar-refractivity contribution in [2.45, 2.75) is 24.4 Å². The summed E-state index contributed by atoms with van der Waals surface area (Å²) in [4.78, 5) is 32.6. The lowest BCUT2D eigenvalue weighted by Gasteiger charge is -2.39. The number of piperazine rings is 1. The van der Waals surface area contributed by atoms with E-state index < -0.39 is 17.9 Å². The number of nitrogens with zero attached hydrogens (tertiary/aromatic N) is 3. The van der Waals surface area contributed by atoms with Crippen LogP contribution in [0.1, 0.15) is 23.5 Å². The number of benzene rings is 3. The Hall–Kier alpha value is -3.64. The molecule has 0 spiro atoms. The van der Waals surface area contributed by atoms with Gasteiger partial charge in [0.15, 0.2) is 0 Å². The van der Waals surface area contributed by atoms with E-state index in [0.717, 1.165) is 37.3 Å². The van der Waals surface area contributed by atoms with E-state index in [4.69, 9.17) is 0 Å². The van der Waals surface area contributed by atoms with Crippen molar-refractivity contribution in [3.63, 3.8) is 0 Å². The largest absolute Gasteiger partial charge is 0.480 e. The van der Waals surface area contributed by atoms with Gasteiger partial charge < -0.3 is 14.9 Å². The van der Waals surface area contributed by atoms with Crippen molar-refractivity contribution in [2.24, 2.45) is 0 Å². The maximum Gasteiger partial charge on any atom is 0.326 e. The van der Waals surface area contributed by atoms with E-state index in [-0.39, 0.29) is 11.9 Å². The van der Waals surface area contributed by atoms with Crippen LogP contribution in [-0.2, 0) is 9.59 Å². The van der Waals surface area contributed by atoms with E-state index in [1.807, 2.05) is 66.7 Å². The topological polar surface area (TPSA) is 64.1 Å². The van der Waals surface area contributed by atoms with Gasteiger partial charge in [0.05, 0.1) is 5.92 Å². The Labute approximate surface area is 206 Å². The number of likely N-dealkylation sites (tertiary alicyclic amines) is 1. The zero-order valence-electron chi connectivity index (χ0n) is 19.7. The third-order valence-electron chi connectivity index (χ3n) is 7.31. The highest BCUT2D eigenvalue weighted by Crippen LogP contribution is 2.32. The first-order valence-electron chi connectivity index (χ1n) is 12.3. The average Bonchev–Trinajstić information content (AvgIpc) is 3.37. The van der Waals surface area contributed by atoms with Crippen LogP contribution in [0.5, 0.6) is 0 Å². The normalized spacial score (nSPS) is 20.8. The van der Waals surface area contributed by atoms with Gasteiger partial charge in [0.1, 0.15) is 6.04 Å². The van der Waals surface area contributed by atoms with Gasteiger partial charge in [0.25, 0.3) is 0 Å². The van der Waals surface area contributed by atoms with Crippen molar-refractivity contribution < 1.29 is 14.7 Å². The molecule has 6 nitrogen and oxygen atoms in total. The van der Waals surface area contributed by atoms with Crippen LogP contribution in [0.4, 0.5) is 5.69 Å². The predicted octanol–water partition coefficient (Wildman–Crippen LogP) is 3.69. The summed E-state index contributed by atoms with van der Waals surface area (Å²) in [7, 11) is 0. The zero-order chi connectivity index (χ0) is 24.2. The summed E-state index contributed by atoms with van der Waals surface area (Å²) >= 11 is 0. The smallest absolute Gasteiger partial charge is 0.326 e. The highest BCUT2D eigenvalue weighted by molar-refractivity contribution is 5.91. The van der Waals surface area contributed by atoms with E-state index >= 15 is 0 Å². The molecule has 1 N–H and O–H groups in total. The van der Waals surface area contributed by atoms with Gasteiger partial charge in [-0.3, -0.25) is 9.69 Å². The Bertz CT molecular complexity index is 1090. The molecule has 2 saturated heterocycles. The van der Waals surface area contributed by atoms with Crippen LogP contribution in [0, 0.1) is 0 Å². The van der Waals surface area contributed by atoms with E-state index in [2.05, 4.69) is 34.1 Å². The first-order valence-corrected chi connectivity index (χ1v) is 12.3. The van der Waals surface area contributed by atoms with Crippen molar-refractivity contribution in [3.8, 4) is 0 Å². The number of anilines is 1. The molecule has 0 radical (unpaired) electrons. The maximum atomic E-state index is 14.0. The lowest BCUT2D eigenvalue weighted by atomic mass is 9.90. The number of carboxylic acid groups (broad SMARTS) is 1. The number of amides is 1. The van der Waals surface area contributed by atoms with Crippen LogP contribution < -0.4 is 4.90 Å². The molecular formula is C29H31N3O3. The van der Waals surface area contributed by atoms with Crippen LogP contribution in [0.3, 0.4) is 0 Å². The average molecular weight is 470 g/mol. The molecule has 3 aromatic carbocycles.